The summed E-state index contributed by atoms with van der Waals surface area (Å²) < 4.78 is 0. The third kappa shape index (κ3) is 1.70. The van der Waals surface area contributed by atoms with Crippen LogP contribution in [0.5, 0.6) is 0 Å². The maximum absolute atomic E-state index is 5.79. The number of hydrogen-bond donors (Lipinski definition) is 1. The summed E-state index contributed by atoms with van der Waals surface area (Å²) in [6.07, 6.45) is 0. The van der Waals surface area contributed by atoms with Crippen LogP contribution in [-0.4, -0.2) is 9.97 Å². The first-order valence-electron chi connectivity index (χ1n) is 5.84. The van der Waals surface area contributed by atoms with Gasteiger partial charge in [-0.1, -0.05) is 42.5 Å². The molecule has 3 rings (SSSR count). The van der Waals surface area contributed by atoms with Crippen molar-refractivity contribution in [1.82, 2.24) is 9.97 Å². The highest BCUT2D eigenvalue weighted by Crippen LogP contribution is 2.28. The van der Waals surface area contributed by atoms with E-state index in [0.29, 0.717) is 5.95 Å². The first kappa shape index (κ1) is 10.7. The van der Waals surface area contributed by atoms with Gasteiger partial charge in [-0.15, -0.1) is 0 Å². The lowest BCUT2D eigenvalue weighted by Crippen LogP contribution is -1.98. The average Bonchev–Trinajstić information content (AvgIpc) is 2.38. The lowest BCUT2D eigenvalue weighted by atomic mass is 10.0. The Balaban J connectivity index is 2.39. The molecule has 0 spiro atoms. The first-order chi connectivity index (χ1) is 8.75. The van der Waals surface area contributed by atoms with Crippen molar-refractivity contribution in [3.05, 3.63) is 54.1 Å². The minimum Gasteiger partial charge on any atom is -0.368 e. The fourth-order valence-electron chi connectivity index (χ4n) is 2.14. The average molecular weight is 235 g/mol. The molecule has 1 aromatic heterocycles. The molecule has 0 radical (unpaired) electrons. The van der Waals surface area contributed by atoms with Crippen molar-refractivity contribution in [2.75, 3.05) is 5.73 Å². The van der Waals surface area contributed by atoms with Crippen molar-refractivity contribution >= 4 is 16.9 Å². The van der Waals surface area contributed by atoms with E-state index in [1.165, 1.54) is 5.56 Å². The smallest absolute Gasteiger partial charge is 0.221 e. The zero-order chi connectivity index (χ0) is 12.5. The van der Waals surface area contributed by atoms with E-state index in [0.717, 1.165) is 22.2 Å². The second-order valence-corrected chi connectivity index (χ2v) is 4.26. The lowest BCUT2D eigenvalue weighted by Gasteiger charge is -2.09. The molecule has 0 saturated carbocycles. The maximum atomic E-state index is 5.79. The molecule has 2 aromatic carbocycles. The molecule has 0 aliphatic carbocycles. The van der Waals surface area contributed by atoms with Gasteiger partial charge in [-0.3, -0.25) is 0 Å². The quantitative estimate of drug-likeness (QED) is 0.704. The zero-order valence-corrected chi connectivity index (χ0v) is 10.1. The number of anilines is 1. The van der Waals surface area contributed by atoms with Crippen molar-refractivity contribution in [2.45, 2.75) is 6.92 Å². The van der Waals surface area contributed by atoms with Gasteiger partial charge < -0.3 is 5.73 Å². The fraction of sp³-hybridized carbons (Fsp3) is 0.0667. The Kier molecular flexibility index (Phi) is 2.45. The molecule has 0 amide bonds. The predicted octanol–water partition coefficient (Wildman–Crippen LogP) is 3.19. The molecule has 0 fully saturated rings. The number of nitrogens with two attached hydrogens (primary N) is 1. The summed E-state index contributed by atoms with van der Waals surface area (Å²) in [6.45, 7) is 2.07. The number of benzene rings is 2. The molecular formula is C15H13N3. The Morgan fingerprint density at radius 2 is 1.61 bits per heavy atom. The third-order valence-electron chi connectivity index (χ3n) is 3.02. The van der Waals surface area contributed by atoms with E-state index in [9.17, 15) is 0 Å². The van der Waals surface area contributed by atoms with E-state index >= 15 is 0 Å². The molecule has 0 unspecified atom stereocenters. The van der Waals surface area contributed by atoms with Crippen molar-refractivity contribution in [1.29, 1.82) is 0 Å². The number of nitrogens with zero attached hydrogens (tertiary/aromatic N) is 2. The summed E-state index contributed by atoms with van der Waals surface area (Å²) in [4.78, 5) is 8.66. The van der Waals surface area contributed by atoms with E-state index in [2.05, 4.69) is 29.0 Å². The number of rotatable bonds is 1. The van der Waals surface area contributed by atoms with Gasteiger partial charge in [-0.25, -0.2) is 9.97 Å². The highest BCUT2D eigenvalue weighted by atomic mass is 15.0. The Hall–Kier alpha value is -2.42. The molecule has 1 heterocycles. The van der Waals surface area contributed by atoms with Crippen LogP contribution in [0, 0.1) is 6.92 Å². The Morgan fingerprint density at radius 1 is 0.889 bits per heavy atom. The van der Waals surface area contributed by atoms with E-state index in [4.69, 9.17) is 5.73 Å². The Morgan fingerprint density at radius 3 is 2.44 bits per heavy atom. The van der Waals surface area contributed by atoms with Crippen LogP contribution in [0.2, 0.25) is 0 Å². The van der Waals surface area contributed by atoms with Crippen LogP contribution in [0.15, 0.2) is 48.5 Å². The summed E-state index contributed by atoms with van der Waals surface area (Å²) in [7, 11) is 0. The molecule has 0 aliphatic heterocycles. The van der Waals surface area contributed by atoms with Crippen molar-refractivity contribution in [2.24, 2.45) is 0 Å². The third-order valence-corrected chi connectivity index (χ3v) is 3.02. The van der Waals surface area contributed by atoms with E-state index < -0.39 is 0 Å². The van der Waals surface area contributed by atoms with Crippen molar-refractivity contribution in [3.8, 4) is 11.3 Å². The van der Waals surface area contributed by atoms with Crippen molar-refractivity contribution < 1.29 is 0 Å². The van der Waals surface area contributed by atoms with Gasteiger partial charge in [0.25, 0.3) is 0 Å². The SMILES string of the molecule is Cc1ccccc1-c1nc(N)nc2ccccc12. The Bertz CT molecular complexity index is 720. The predicted molar refractivity (Wildman–Crippen MR) is 74.1 cm³/mol. The van der Waals surface area contributed by atoms with Gasteiger partial charge >= 0.3 is 0 Å². The number of aryl methyl sites for hydroxylation is 1. The van der Waals surface area contributed by atoms with Gasteiger partial charge in [-0.05, 0) is 18.6 Å². The summed E-state index contributed by atoms with van der Waals surface area (Å²) >= 11 is 0. The van der Waals surface area contributed by atoms with Crippen LogP contribution in [0.25, 0.3) is 22.2 Å². The maximum Gasteiger partial charge on any atom is 0.221 e. The van der Waals surface area contributed by atoms with Crippen molar-refractivity contribution in [3.63, 3.8) is 0 Å². The van der Waals surface area contributed by atoms with Gasteiger partial charge in [-0.2, -0.15) is 0 Å². The van der Waals surface area contributed by atoms with Crippen LogP contribution < -0.4 is 5.73 Å². The summed E-state index contributed by atoms with van der Waals surface area (Å²) in [5, 5.41) is 1.03. The van der Waals surface area contributed by atoms with Gasteiger partial charge in [0.2, 0.25) is 5.95 Å². The standard InChI is InChI=1S/C15H13N3/c1-10-6-2-3-7-11(10)14-12-8-4-5-9-13(12)17-15(16)18-14/h2-9H,1H3,(H2,16,17,18). The zero-order valence-electron chi connectivity index (χ0n) is 10.1. The van der Waals surface area contributed by atoms with Gasteiger partial charge in [0.05, 0.1) is 11.2 Å². The van der Waals surface area contributed by atoms with Gasteiger partial charge in [0, 0.05) is 10.9 Å². The molecular weight excluding hydrogens is 222 g/mol. The van der Waals surface area contributed by atoms with Gasteiger partial charge in [0.1, 0.15) is 0 Å². The second kappa shape index (κ2) is 4.11. The lowest BCUT2D eigenvalue weighted by molar-refractivity contribution is 1.23. The summed E-state index contributed by atoms with van der Waals surface area (Å²) in [6, 6.07) is 16.1. The van der Waals surface area contributed by atoms with E-state index in [1.54, 1.807) is 0 Å². The monoisotopic (exact) mass is 235 g/mol. The van der Waals surface area contributed by atoms with Crippen LogP contribution in [-0.2, 0) is 0 Å². The molecule has 3 nitrogen and oxygen atoms in total. The summed E-state index contributed by atoms with van der Waals surface area (Å²) in [5.74, 6) is 0.312. The highest BCUT2D eigenvalue weighted by Gasteiger charge is 2.09. The Labute approximate surface area is 105 Å². The number of nitrogen functional groups attached to an aromatic ring is 1. The highest BCUT2D eigenvalue weighted by molar-refractivity contribution is 5.93. The molecule has 2 N–H and O–H groups in total. The number of para-hydroxylation sites is 1. The largest absolute Gasteiger partial charge is 0.368 e. The van der Waals surface area contributed by atoms with Crippen LogP contribution in [0.4, 0.5) is 5.95 Å². The molecule has 0 atom stereocenters. The molecule has 0 saturated heterocycles. The summed E-state index contributed by atoms with van der Waals surface area (Å²) in [5.41, 5.74) is 9.85. The second-order valence-electron chi connectivity index (χ2n) is 4.26. The van der Waals surface area contributed by atoms with Crippen LogP contribution in [0.1, 0.15) is 5.56 Å². The molecule has 3 aromatic rings. The molecule has 88 valence electrons. The molecule has 0 bridgehead atoms. The van der Waals surface area contributed by atoms with E-state index in [1.807, 2.05) is 36.4 Å². The minimum absolute atomic E-state index is 0.312. The molecule has 18 heavy (non-hydrogen) atoms. The number of aromatic nitrogens is 2. The number of hydrogen-bond acceptors (Lipinski definition) is 3. The van der Waals surface area contributed by atoms with Crippen LogP contribution >= 0.6 is 0 Å². The normalized spacial score (nSPS) is 10.7. The first-order valence-corrected chi connectivity index (χ1v) is 5.84. The minimum atomic E-state index is 0.312. The van der Waals surface area contributed by atoms with Crippen LogP contribution in [0.3, 0.4) is 0 Å². The number of fused-ring (bicyclic) bond motifs is 1. The fourth-order valence-corrected chi connectivity index (χ4v) is 2.14. The molecule has 0 aliphatic rings. The topological polar surface area (TPSA) is 51.8 Å². The van der Waals surface area contributed by atoms with Gasteiger partial charge in [0.15, 0.2) is 0 Å². The van der Waals surface area contributed by atoms with E-state index in [-0.39, 0.29) is 0 Å². The molecule has 3 heteroatoms.